The fourth-order valence-electron chi connectivity index (χ4n) is 0.0932. The average molecular weight is 355 g/mol. The molecule has 0 aliphatic heterocycles. The summed E-state index contributed by atoms with van der Waals surface area (Å²) in [5.74, 6) is 0. The normalized spacial score (nSPS) is 5.89. The van der Waals surface area contributed by atoms with E-state index in [2.05, 4.69) is 4.84 Å². The Kier molecular flexibility index (Phi) is 19.7. The molecule has 0 unspecified atom stereocenters. The fraction of sp³-hybridized carbons (Fsp3) is 0.500. The molecule has 9 heavy (non-hydrogen) atoms. The van der Waals surface area contributed by atoms with Gasteiger partial charge in [0.15, 0.2) is 0 Å². The molecule has 50 valence electrons. The molecule has 0 fully saturated rings. The first-order chi connectivity index (χ1) is 3.35. The average Bonchev–Trinajstić information content (AvgIpc) is 1.72. The number of amides is 2. The number of hydrogen-bond donors (Lipinski definition) is 0. The van der Waals surface area contributed by atoms with Crippen molar-refractivity contribution in [2.24, 2.45) is 0 Å². The van der Waals surface area contributed by atoms with E-state index >= 15 is 0 Å². The Labute approximate surface area is 77.9 Å². The SMILES string of the molecule is C.CON([C-]=O)[C-]=O.[U+2]. The van der Waals surface area contributed by atoms with E-state index in [1.807, 2.05) is 0 Å². The van der Waals surface area contributed by atoms with Crippen LogP contribution in [0.25, 0.3) is 0 Å². The summed E-state index contributed by atoms with van der Waals surface area (Å²) in [5.41, 5.74) is 0. The first-order valence-corrected chi connectivity index (χ1v) is 1.45. The molecule has 0 heterocycles. The number of nitrogens with zero attached hydrogens (tertiary/aromatic N) is 1. The van der Waals surface area contributed by atoms with Gasteiger partial charge in [0, 0.05) is 0 Å². The minimum atomic E-state index is 0. The summed E-state index contributed by atoms with van der Waals surface area (Å²) in [7, 11) is 1.16. The summed E-state index contributed by atoms with van der Waals surface area (Å²) in [6.45, 7) is 0. The van der Waals surface area contributed by atoms with Crippen LogP contribution in [0.15, 0.2) is 0 Å². The summed E-state index contributed by atoms with van der Waals surface area (Å²) >= 11 is 0. The number of hydroxylamine groups is 2. The van der Waals surface area contributed by atoms with Gasteiger partial charge in [-0.25, -0.2) is 0 Å². The third-order valence-corrected chi connectivity index (χ3v) is 0.348. The van der Waals surface area contributed by atoms with Gasteiger partial charge < -0.3 is 19.5 Å². The minimum Gasteiger partial charge on any atom is -0.520 e. The van der Waals surface area contributed by atoms with Crippen molar-refractivity contribution in [3.63, 3.8) is 0 Å². The van der Waals surface area contributed by atoms with Gasteiger partial charge in [0.1, 0.15) is 0 Å². The number of carbonyl (C=O) groups excluding carboxylic acids is 2. The first kappa shape index (κ1) is 16.1. The van der Waals surface area contributed by atoms with Gasteiger partial charge in [0.05, 0.1) is 7.11 Å². The van der Waals surface area contributed by atoms with E-state index in [1.165, 1.54) is 0 Å². The topological polar surface area (TPSA) is 46.6 Å². The zero-order chi connectivity index (χ0) is 5.70. The molecule has 0 aromatic rings. The zero-order valence-electron chi connectivity index (χ0n) is 4.17. The Hall–Kier alpha value is 0.152. The van der Waals surface area contributed by atoms with Crippen LogP contribution in [0.1, 0.15) is 7.43 Å². The Morgan fingerprint density at radius 2 is 1.67 bits per heavy atom. The molecular weight excluding hydrogens is 348 g/mol. The Bertz CT molecular complexity index is 70.2. The van der Waals surface area contributed by atoms with Gasteiger partial charge in [-0.1, -0.05) is 7.43 Å². The van der Waals surface area contributed by atoms with Gasteiger partial charge in [-0.05, 0) is 0 Å². The van der Waals surface area contributed by atoms with E-state index < -0.39 is 0 Å². The molecule has 5 heteroatoms. The van der Waals surface area contributed by atoms with Crippen LogP contribution in [-0.2, 0) is 14.4 Å². The summed E-state index contributed by atoms with van der Waals surface area (Å²) in [4.78, 5) is 22.8. The molecule has 0 spiro atoms. The molecule has 0 radical (unpaired) electrons. The molecule has 0 N–H and O–H groups in total. The summed E-state index contributed by atoms with van der Waals surface area (Å²) < 4.78 is 0. The summed E-state index contributed by atoms with van der Waals surface area (Å²) in [5, 5.41) is 0.264. The quantitative estimate of drug-likeness (QED) is 0.394. The van der Waals surface area contributed by atoms with Crippen molar-refractivity contribution in [2.45, 2.75) is 7.43 Å². The van der Waals surface area contributed by atoms with Gasteiger partial charge in [0.25, 0.3) is 0 Å². The molecule has 0 atom stereocenters. The maximum Gasteiger partial charge on any atom is 2.00 e. The molecule has 0 aliphatic carbocycles. The number of imide groups is 1. The second kappa shape index (κ2) is 11.0. The van der Waals surface area contributed by atoms with Gasteiger partial charge in [-0.2, -0.15) is 12.8 Å². The minimum absolute atomic E-state index is 0. The first-order valence-electron chi connectivity index (χ1n) is 1.45. The van der Waals surface area contributed by atoms with E-state index in [9.17, 15) is 9.59 Å². The molecule has 2 amide bonds. The van der Waals surface area contributed by atoms with E-state index in [0.29, 0.717) is 0 Å². The zero-order valence-corrected chi connectivity index (χ0v) is 8.34. The van der Waals surface area contributed by atoms with Crippen molar-refractivity contribution in [1.29, 1.82) is 0 Å². The summed E-state index contributed by atoms with van der Waals surface area (Å²) in [6, 6.07) is 0. The van der Waals surface area contributed by atoms with Crippen molar-refractivity contribution in [1.82, 2.24) is 5.06 Å². The third kappa shape index (κ3) is 8.15. The van der Waals surface area contributed by atoms with Crippen molar-refractivity contribution < 1.29 is 45.5 Å². The van der Waals surface area contributed by atoms with Crippen LogP contribution < -0.4 is 0 Å². The molecule has 0 rings (SSSR count). The van der Waals surface area contributed by atoms with Gasteiger partial charge in [-0.15, -0.1) is 0 Å². The maximum absolute atomic E-state index is 9.38. The van der Waals surface area contributed by atoms with Crippen molar-refractivity contribution >= 4 is 12.8 Å². The van der Waals surface area contributed by atoms with E-state index in [1.54, 1.807) is 0 Å². The molecule has 0 aliphatic rings. The number of hydrogen-bond acceptors (Lipinski definition) is 3. The monoisotopic (exact) mass is 355 g/mol. The second-order valence-electron chi connectivity index (χ2n) is 0.660. The molecule has 0 saturated heterocycles. The van der Waals surface area contributed by atoms with Gasteiger partial charge >= 0.3 is 31.1 Å². The van der Waals surface area contributed by atoms with Crippen LogP contribution in [0.2, 0.25) is 0 Å². The van der Waals surface area contributed by atoms with Crippen LogP contribution in [0.3, 0.4) is 0 Å². The predicted octanol–water partition coefficient (Wildman–Crippen LogP) is -0.380. The van der Waals surface area contributed by atoms with E-state index in [4.69, 9.17) is 0 Å². The molecule has 0 saturated carbocycles. The largest absolute Gasteiger partial charge is 2.00 e. The maximum atomic E-state index is 9.38. The van der Waals surface area contributed by atoms with Crippen LogP contribution in [0.4, 0.5) is 0 Å². The third-order valence-electron chi connectivity index (χ3n) is 0.348. The smallest absolute Gasteiger partial charge is 0.520 e. The van der Waals surface area contributed by atoms with E-state index in [0.717, 1.165) is 19.9 Å². The van der Waals surface area contributed by atoms with Crippen LogP contribution in [0.5, 0.6) is 0 Å². The standard InChI is InChI=1S/C3H3NO3.CH4.U/c1-7-4(2-5)3-6;;/h1H3;1H4;/q-2;;+2. The summed E-state index contributed by atoms with van der Waals surface area (Å²) in [6.07, 6.45) is 2.28. The van der Waals surface area contributed by atoms with Crippen molar-refractivity contribution in [3.8, 4) is 0 Å². The molecule has 0 aromatic heterocycles. The van der Waals surface area contributed by atoms with Crippen LogP contribution in [-0.4, -0.2) is 25.0 Å². The van der Waals surface area contributed by atoms with Crippen LogP contribution in [0, 0.1) is 31.1 Å². The van der Waals surface area contributed by atoms with Gasteiger partial charge in [-0.3, -0.25) is 0 Å². The molecular formula is C4H7NO3U. The van der Waals surface area contributed by atoms with E-state index in [-0.39, 0.29) is 43.6 Å². The Morgan fingerprint density at radius 3 is 1.67 bits per heavy atom. The molecule has 0 bridgehead atoms. The second-order valence-corrected chi connectivity index (χ2v) is 0.660. The predicted molar refractivity (Wildman–Crippen MR) is 27.0 cm³/mol. The van der Waals surface area contributed by atoms with Gasteiger partial charge in [0.2, 0.25) is 0 Å². The molecule has 4 nitrogen and oxygen atoms in total. The van der Waals surface area contributed by atoms with Crippen LogP contribution >= 0.6 is 0 Å². The Balaban J connectivity index is -0.000000180. The number of rotatable bonds is 3. The van der Waals surface area contributed by atoms with Crippen molar-refractivity contribution in [2.75, 3.05) is 7.11 Å². The Morgan fingerprint density at radius 1 is 1.33 bits per heavy atom. The van der Waals surface area contributed by atoms with Crippen molar-refractivity contribution in [3.05, 3.63) is 0 Å². The fourth-order valence-corrected chi connectivity index (χ4v) is 0.0932. The molecule has 0 aromatic carbocycles.